The van der Waals surface area contributed by atoms with Crippen LogP contribution in [0.15, 0.2) is 12.1 Å². The van der Waals surface area contributed by atoms with Crippen LogP contribution in [0.5, 0.6) is 5.75 Å². The fourth-order valence-electron chi connectivity index (χ4n) is 3.51. The third kappa shape index (κ3) is 2.64. The molecular formula is C15H20Cl2N2O. The van der Waals surface area contributed by atoms with Crippen molar-refractivity contribution in [1.29, 1.82) is 0 Å². The number of halogens is 2. The molecular weight excluding hydrogens is 295 g/mol. The largest absolute Gasteiger partial charge is 0.506 e. The predicted molar refractivity (Wildman–Crippen MR) is 82.4 cm³/mol. The van der Waals surface area contributed by atoms with E-state index in [-0.39, 0.29) is 5.75 Å². The topological polar surface area (TPSA) is 26.7 Å². The van der Waals surface area contributed by atoms with Gasteiger partial charge in [0, 0.05) is 36.8 Å². The van der Waals surface area contributed by atoms with Crippen LogP contribution in [-0.2, 0) is 6.54 Å². The van der Waals surface area contributed by atoms with Crippen LogP contribution in [0.25, 0.3) is 0 Å². The summed E-state index contributed by atoms with van der Waals surface area (Å²) in [6.07, 6.45) is 0. The maximum absolute atomic E-state index is 9.69. The smallest absolute Gasteiger partial charge is 0.134 e. The lowest BCUT2D eigenvalue weighted by Crippen LogP contribution is -2.27. The number of likely N-dealkylation sites (tertiary alicyclic amines) is 1. The fourth-order valence-corrected chi connectivity index (χ4v) is 4.00. The third-order valence-corrected chi connectivity index (χ3v) is 5.35. The van der Waals surface area contributed by atoms with E-state index in [1.807, 2.05) is 0 Å². The van der Waals surface area contributed by atoms with Gasteiger partial charge in [0.15, 0.2) is 0 Å². The molecule has 2 fully saturated rings. The van der Waals surface area contributed by atoms with Crippen LogP contribution in [0.1, 0.15) is 5.56 Å². The van der Waals surface area contributed by atoms with E-state index in [2.05, 4.69) is 23.9 Å². The van der Waals surface area contributed by atoms with Crippen molar-refractivity contribution in [2.75, 3.05) is 33.7 Å². The molecule has 0 spiro atoms. The van der Waals surface area contributed by atoms with Gasteiger partial charge in [-0.1, -0.05) is 23.2 Å². The van der Waals surface area contributed by atoms with Gasteiger partial charge in [-0.05, 0) is 44.0 Å². The molecule has 1 aromatic rings. The summed E-state index contributed by atoms with van der Waals surface area (Å²) in [4.78, 5) is 4.67. The van der Waals surface area contributed by atoms with Crippen LogP contribution < -0.4 is 0 Å². The van der Waals surface area contributed by atoms with Crippen molar-refractivity contribution in [1.82, 2.24) is 9.80 Å². The van der Waals surface area contributed by atoms with E-state index in [0.29, 0.717) is 10.0 Å². The zero-order chi connectivity index (χ0) is 14.4. The average molecular weight is 315 g/mol. The zero-order valence-corrected chi connectivity index (χ0v) is 13.3. The van der Waals surface area contributed by atoms with Gasteiger partial charge in [0.25, 0.3) is 0 Å². The maximum Gasteiger partial charge on any atom is 0.134 e. The van der Waals surface area contributed by atoms with E-state index in [0.717, 1.165) is 43.0 Å². The summed E-state index contributed by atoms with van der Waals surface area (Å²) < 4.78 is 0. The molecule has 0 amide bonds. The Morgan fingerprint density at radius 1 is 1.25 bits per heavy atom. The Balaban J connectivity index is 1.61. The number of phenols is 1. The average Bonchev–Trinajstić information content (AvgIpc) is 2.85. The highest BCUT2D eigenvalue weighted by atomic mass is 35.5. The molecule has 2 aliphatic rings. The zero-order valence-electron chi connectivity index (χ0n) is 11.8. The number of aromatic hydroxyl groups is 1. The first-order chi connectivity index (χ1) is 9.47. The van der Waals surface area contributed by atoms with E-state index >= 15 is 0 Å². The van der Waals surface area contributed by atoms with E-state index in [1.54, 1.807) is 12.1 Å². The van der Waals surface area contributed by atoms with Crippen molar-refractivity contribution in [3.63, 3.8) is 0 Å². The molecule has 20 heavy (non-hydrogen) atoms. The summed E-state index contributed by atoms with van der Waals surface area (Å²) in [7, 11) is 4.27. The maximum atomic E-state index is 9.69. The molecule has 3 rings (SSSR count). The van der Waals surface area contributed by atoms with Gasteiger partial charge in [0.05, 0.1) is 5.02 Å². The first kappa shape index (κ1) is 14.5. The first-order valence-electron chi connectivity index (χ1n) is 7.00. The Labute approximate surface area is 130 Å². The van der Waals surface area contributed by atoms with Gasteiger partial charge in [0.1, 0.15) is 5.75 Å². The molecule has 3 atom stereocenters. The number of benzene rings is 1. The molecule has 1 N–H and O–H groups in total. The van der Waals surface area contributed by atoms with E-state index < -0.39 is 0 Å². The van der Waals surface area contributed by atoms with Crippen molar-refractivity contribution in [2.45, 2.75) is 6.54 Å². The van der Waals surface area contributed by atoms with Gasteiger partial charge in [-0.2, -0.15) is 0 Å². The number of fused-ring (bicyclic) bond motifs is 1. The highest BCUT2D eigenvalue weighted by molar-refractivity contribution is 6.36. The fraction of sp³-hybridized carbons (Fsp3) is 0.600. The lowest BCUT2D eigenvalue weighted by molar-refractivity contribution is 0.257. The predicted octanol–water partition coefficient (Wildman–Crippen LogP) is 2.94. The molecule has 1 aliphatic heterocycles. The first-order valence-corrected chi connectivity index (χ1v) is 7.76. The summed E-state index contributed by atoms with van der Waals surface area (Å²) in [5.74, 6) is 2.62. The van der Waals surface area contributed by atoms with Crippen molar-refractivity contribution >= 4 is 23.2 Å². The summed E-state index contributed by atoms with van der Waals surface area (Å²) >= 11 is 12.4. The summed E-state index contributed by atoms with van der Waals surface area (Å²) in [6.45, 7) is 4.15. The van der Waals surface area contributed by atoms with Gasteiger partial charge < -0.3 is 10.0 Å². The number of phenolic OH excluding ortho intramolecular Hbond substituents is 1. The van der Waals surface area contributed by atoms with E-state index in [1.165, 1.54) is 6.54 Å². The summed E-state index contributed by atoms with van der Waals surface area (Å²) in [5, 5.41) is 10.7. The van der Waals surface area contributed by atoms with Gasteiger partial charge in [-0.15, -0.1) is 0 Å². The molecule has 5 heteroatoms. The Bertz CT molecular complexity index is 509. The Morgan fingerprint density at radius 2 is 1.90 bits per heavy atom. The second-order valence-electron chi connectivity index (χ2n) is 6.31. The number of rotatable bonds is 4. The molecule has 1 saturated heterocycles. The molecule has 1 unspecified atom stereocenters. The molecule has 1 aliphatic carbocycles. The molecule has 0 radical (unpaired) electrons. The number of nitrogens with zero attached hydrogens (tertiary/aromatic N) is 2. The Morgan fingerprint density at radius 3 is 2.50 bits per heavy atom. The molecule has 0 aromatic heterocycles. The van der Waals surface area contributed by atoms with Crippen LogP contribution in [0, 0.1) is 17.8 Å². The minimum Gasteiger partial charge on any atom is -0.506 e. The monoisotopic (exact) mass is 314 g/mol. The second-order valence-corrected chi connectivity index (χ2v) is 7.09. The highest BCUT2D eigenvalue weighted by Gasteiger charge is 2.55. The van der Waals surface area contributed by atoms with Crippen molar-refractivity contribution in [3.05, 3.63) is 27.7 Å². The van der Waals surface area contributed by atoms with E-state index in [9.17, 15) is 5.11 Å². The minimum atomic E-state index is 0.112. The lowest BCUT2D eigenvalue weighted by atomic mass is 10.1. The molecule has 0 bridgehead atoms. The summed E-state index contributed by atoms with van der Waals surface area (Å²) in [6, 6.07) is 3.26. The minimum absolute atomic E-state index is 0.112. The quantitative estimate of drug-likeness (QED) is 0.925. The van der Waals surface area contributed by atoms with Crippen molar-refractivity contribution in [3.8, 4) is 5.75 Å². The molecule has 3 nitrogen and oxygen atoms in total. The Kier molecular flexibility index (Phi) is 3.89. The Hall–Kier alpha value is -0.480. The van der Waals surface area contributed by atoms with Crippen LogP contribution >= 0.6 is 23.2 Å². The standard InChI is InChI=1S/C15H20Cl2N2O/c1-18(2)5-9-10-6-19(7-11(9)10)8-12-13(16)3-4-14(20)15(12)17/h3-4,9-11,20H,5-8H2,1-2H3/t9?,10-,11+. The molecule has 1 heterocycles. The number of piperidine rings is 1. The second kappa shape index (κ2) is 5.38. The van der Waals surface area contributed by atoms with E-state index in [4.69, 9.17) is 23.2 Å². The lowest BCUT2D eigenvalue weighted by Gasteiger charge is -2.22. The van der Waals surface area contributed by atoms with Crippen LogP contribution in [0.3, 0.4) is 0 Å². The van der Waals surface area contributed by atoms with Gasteiger partial charge >= 0.3 is 0 Å². The summed E-state index contributed by atoms with van der Waals surface area (Å²) in [5.41, 5.74) is 0.846. The van der Waals surface area contributed by atoms with Crippen molar-refractivity contribution < 1.29 is 5.11 Å². The van der Waals surface area contributed by atoms with Crippen LogP contribution in [0.2, 0.25) is 10.0 Å². The SMILES string of the molecule is CN(C)CC1[C@H]2CN(Cc3c(Cl)ccc(O)c3Cl)C[C@@H]12. The molecule has 1 saturated carbocycles. The number of hydrogen-bond acceptors (Lipinski definition) is 3. The molecule has 1 aromatic carbocycles. The van der Waals surface area contributed by atoms with Crippen LogP contribution in [-0.4, -0.2) is 48.6 Å². The normalized spacial score (nSPS) is 28.9. The van der Waals surface area contributed by atoms with Crippen molar-refractivity contribution in [2.24, 2.45) is 17.8 Å². The number of hydrogen-bond donors (Lipinski definition) is 1. The highest BCUT2D eigenvalue weighted by Crippen LogP contribution is 2.52. The van der Waals surface area contributed by atoms with Crippen LogP contribution in [0.4, 0.5) is 0 Å². The van der Waals surface area contributed by atoms with Gasteiger partial charge in [-0.25, -0.2) is 0 Å². The third-order valence-electron chi connectivity index (χ3n) is 4.57. The van der Waals surface area contributed by atoms with Gasteiger partial charge in [0.2, 0.25) is 0 Å². The molecule has 110 valence electrons. The van der Waals surface area contributed by atoms with Gasteiger partial charge in [-0.3, -0.25) is 4.90 Å².